The molecule has 2 N–H and O–H groups in total. The van der Waals surface area contributed by atoms with Crippen LogP contribution in [0.2, 0.25) is 0 Å². The van der Waals surface area contributed by atoms with Gasteiger partial charge in [-0.25, -0.2) is 0 Å². The molecule has 8 nitrogen and oxygen atoms in total. The van der Waals surface area contributed by atoms with Gasteiger partial charge >= 0.3 is 0 Å². The molecule has 1 atom stereocenters. The normalized spacial score (nSPS) is 12.3. The summed E-state index contributed by atoms with van der Waals surface area (Å²) in [5.74, 6) is 0.687. The molecular formula is C18H23BrN4O4. The van der Waals surface area contributed by atoms with Crippen molar-refractivity contribution in [3.05, 3.63) is 40.5 Å². The van der Waals surface area contributed by atoms with Crippen LogP contribution >= 0.6 is 15.9 Å². The molecule has 27 heavy (non-hydrogen) atoms. The molecule has 1 unspecified atom stereocenters. The van der Waals surface area contributed by atoms with Gasteiger partial charge in [0.2, 0.25) is 11.8 Å². The number of hydrogen-bond acceptors (Lipinski definition) is 6. The van der Waals surface area contributed by atoms with Gasteiger partial charge in [0.05, 0.1) is 0 Å². The van der Waals surface area contributed by atoms with Gasteiger partial charge in [0, 0.05) is 22.7 Å². The van der Waals surface area contributed by atoms with E-state index in [1.54, 1.807) is 25.1 Å². The first kappa shape index (κ1) is 20.9. The number of ether oxygens (including phenoxy) is 1. The third-order valence-electron chi connectivity index (χ3n) is 3.51. The lowest BCUT2D eigenvalue weighted by Crippen LogP contribution is -2.47. The van der Waals surface area contributed by atoms with Crippen molar-refractivity contribution in [1.82, 2.24) is 21.0 Å². The van der Waals surface area contributed by atoms with Gasteiger partial charge in [0.1, 0.15) is 5.75 Å². The fraction of sp³-hybridized carbons (Fsp3) is 0.444. The van der Waals surface area contributed by atoms with Gasteiger partial charge in [-0.2, -0.15) is 4.98 Å². The molecule has 0 saturated carbocycles. The Morgan fingerprint density at radius 3 is 2.67 bits per heavy atom. The molecule has 2 amide bonds. The molecule has 0 aliphatic rings. The minimum Gasteiger partial charge on any atom is -0.481 e. The lowest BCUT2D eigenvalue weighted by atomic mass is 9.96. The van der Waals surface area contributed by atoms with E-state index in [0.717, 1.165) is 4.47 Å². The summed E-state index contributed by atoms with van der Waals surface area (Å²) < 4.78 is 11.5. The smallest absolute Gasteiger partial charge is 0.279 e. The fourth-order valence-corrected chi connectivity index (χ4v) is 2.35. The molecule has 0 aliphatic heterocycles. The molecule has 9 heteroatoms. The van der Waals surface area contributed by atoms with Crippen molar-refractivity contribution in [2.75, 3.05) is 0 Å². The monoisotopic (exact) mass is 438 g/mol. The van der Waals surface area contributed by atoms with E-state index in [2.05, 4.69) is 36.9 Å². The number of hydrazine groups is 1. The molecule has 1 heterocycles. The zero-order valence-corrected chi connectivity index (χ0v) is 17.3. The number of rotatable bonds is 6. The van der Waals surface area contributed by atoms with E-state index in [0.29, 0.717) is 17.5 Å². The maximum atomic E-state index is 12.0. The van der Waals surface area contributed by atoms with Gasteiger partial charge in [0.15, 0.2) is 11.9 Å². The van der Waals surface area contributed by atoms with Crippen molar-refractivity contribution in [3.63, 3.8) is 0 Å². The van der Waals surface area contributed by atoms with Crippen LogP contribution in [0.5, 0.6) is 5.75 Å². The first-order valence-corrected chi connectivity index (χ1v) is 9.28. The Morgan fingerprint density at radius 2 is 2.04 bits per heavy atom. The van der Waals surface area contributed by atoms with Crippen LogP contribution in [0.25, 0.3) is 0 Å². The largest absolute Gasteiger partial charge is 0.481 e. The van der Waals surface area contributed by atoms with Crippen molar-refractivity contribution < 1.29 is 18.8 Å². The summed E-state index contributed by atoms with van der Waals surface area (Å²) in [5, 5.41) is 3.90. The van der Waals surface area contributed by atoms with Gasteiger partial charge in [-0.05, 0) is 25.1 Å². The Labute approximate surface area is 166 Å². The quantitative estimate of drug-likeness (QED) is 0.671. The van der Waals surface area contributed by atoms with Crippen LogP contribution in [0.1, 0.15) is 45.8 Å². The highest BCUT2D eigenvalue weighted by atomic mass is 79.9. The number of nitrogens with zero attached hydrogens (tertiary/aromatic N) is 2. The van der Waals surface area contributed by atoms with Crippen LogP contribution < -0.4 is 15.6 Å². The fourth-order valence-electron chi connectivity index (χ4n) is 1.97. The zero-order valence-electron chi connectivity index (χ0n) is 15.7. The maximum Gasteiger partial charge on any atom is 0.279 e. The van der Waals surface area contributed by atoms with Crippen molar-refractivity contribution in [2.45, 2.75) is 52.1 Å². The van der Waals surface area contributed by atoms with Gasteiger partial charge in [0.25, 0.3) is 5.91 Å². The van der Waals surface area contributed by atoms with Crippen molar-refractivity contribution in [3.8, 4) is 5.75 Å². The van der Waals surface area contributed by atoms with Gasteiger partial charge in [-0.15, -0.1) is 0 Å². The minimum absolute atomic E-state index is 0.104. The Bertz CT molecular complexity index is 801. The summed E-state index contributed by atoms with van der Waals surface area (Å²) >= 11 is 3.33. The van der Waals surface area contributed by atoms with Crippen molar-refractivity contribution in [2.24, 2.45) is 0 Å². The van der Waals surface area contributed by atoms with Gasteiger partial charge in [-0.3, -0.25) is 20.4 Å². The molecular weight excluding hydrogens is 416 g/mol. The van der Waals surface area contributed by atoms with Crippen LogP contribution in [0.15, 0.2) is 33.3 Å². The van der Waals surface area contributed by atoms with Crippen LogP contribution in [-0.4, -0.2) is 28.1 Å². The Balaban J connectivity index is 1.74. The van der Waals surface area contributed by atoms with Gasteiger partial charge in [-0.1, -0.05) is 47.9 Å². The average molecular weight is 439 g/mol. The third kappa shape index (κ3) is 6.67. The predicted octanol–water partition coefficient (Wildman–Crippen LogP) is 2.68. The zero-order chi connectivity index (χ0) is 20.0. The van der Waals surface area contributed by atoms with E-state index in [9.17, 15) is 9.59 Å². The lowest BCUT2D eigenvalue weighted by Gasteiger charge is -2.15. The highest BCUT2D eigenvalue weighted by molar-refractivity contribution is 9.10. The third-order valence-corrected chi connectivity index (χ3v) is 4.00. The van der Waals surface area contributed by atoms with E-state index in [1.165, 1.54) is 0 Å². The van der Waals surface area contributed by atoms with Crippen LogP contribution in [-0.2, 0) is 21.4 Å². The first-order valence-electron chi connectivity index (χ1n) is 8.49. The summed E-state index contributed by atoms with van der Waals surface area (Å²) in [6.45, 7) is 7.51. The van der Waals surface area contributed by atoms with E-state index in [-0.39, 0.29) is 24.2 Å². The maximum absolute atomic E-state index is 12.0. The topological polar surface area (TPSA) is 106 Å². The molecule has 1 aromatic heterocycles. The lowest BCUT2D eigenvalue weighted by molar-refractivity contribution is -0.132. The number of aromatic nitrogens is 2. The highest BCUT2D eigenvalue weighted by Crippen LogP contribution is 2.19. The minimum atomic E-state index is -0.773. The van der Waals surface area contributed by atoms with E-state index in [1.807, 2.05) is 26.8 Å². The summed E-state index contributed by atoms with van der Waals surface area (Å²) in [7, 11) is 0. The number of hydrogen-bond donors (Lipinski definition) is 2. The molecule has 146 valence electrons. The summed E-state index contributed by atoms with van der Waals surface area (Å²) in [6, 6.07) is 7.14. The molecule has 0 saturated heterocycles. The standard InChI is InChI=1S/C18H23BrN4O4/c1-11(26-13-7-5-6-12(19)10-13)16(25)22-21-14(24)8-9-15-20-17(23-27-15)18(2,3)4/h5-7,10-11H,8-9H2,1-4H3,(H,21,24)(H,22,25). The number of amides is 2. The van der Waals surface area contributed by atoms with E-state index in [4.69, 9.17) is 9.26 Å². The summed E-state index contributed by atoms with van der Waals surface area (Å²) in [6.07, 6.45) is -0.383. The SMILES string of the molecule is CC(Oc1cccc(Br)c1)C(=O)NNC(=O)CCc1nc(C(C)(C)C)no1. The second-order valence-electron chi connectivity index (χ2n) is 7.02. The van der Waals surface area contributed by atoms with Crippen LogP contribution in [0, 0.1) is 0 Å². The predicted molar refractivity (Wildman–Crippen MR) is 102 cm³/mol. The molecule has 0 spiro atoms. The number of nitrogens with one attached hydrogen (secondary N) is 2. The number of carbonyl (C=O) groups excluding carboxylic acids is 2. The molecule has 0 bridgehead atoms. The van der Waals surface area contributed by atoms with Crippen molar-refractivity contribution >= 4 is 27.7 Å². The summed E-state index contributed by atoms with van der Waals surface area (Å²) in [5.41, 5.74) is 4.47. The molecule has 0 radical (unpaired) electrons. The number of aryl methyl sites for hydroxylation is 1. The molecule has 1 aromatic carbocycles. The van der Waals surface area contributed by atoms with Gasteiger partial charge < -0.3 is 9.26 Å². The van der Waals surface area contributed by atoms with E-state index >= 15 is 0 Å². The second-order valence-corrected chi connectivity index (χ2v) is 7.93. The van der Waals surface area contributed by atoms with Crippen molar-refractivity contribution in [1.29, 1.82) is 0 Å². The average Bonchev–Trinajstić information content (AvgIpc) is 3.07. The molecule has 0 fully saturated rings. The molecule has 2 aromatic rings. The second kappa shape index (κ2) is 8.98. The summed E-state index contributed by atoms with van der Waals surface area (Å²) in [4.78, 5) is 28.2. The van der Waals surface area contributed by atoms with Crippen LogP contribution in [0.3, 0.4) is 0 Å². The molecule has 0 aliphatic carbocycles. The van der Waals surface area contributed by atoms with Crippen LogP contribution in [0.4, 0.5) is 0 Å². The Kier molecular flexibility index (Phi) is 6.95. The Hall–Kier alpha value is -2.42. The number of halogens is 1. The first-order chi connectivity index (χ1) is 12.6. The highest BCUT2D eigenvalue weighted by Gasteiger charge is 2.21. The van der Waals surface area contributed by atoms with E-state index < -0.39 is 12.0 Å². The Morgan fingerprint density at radius 1 is 1.30 bits per heavy atom. The number of benzene rings is 1. The number of carbonyl (C=O) groups is 2. The molecule has 2 rings (SSSR count).